The molecule has 0 fully saturated rings. The normalized spacial score (nSPS) is 18.1. The zero-order chi connectivity index (χ0) is 14.7. The van der Waals surface area contributed by atoms with Crippen molar-refractivity contribution in [2.75, 3.05) is 7.11 Å². The molecule has 1 amide bonds. The number of hydrogen-bond acceptors (Lipinski definition) is 4. The summed E-state index contributed by atoms with van der Waals surface area (Å²) in [7, 11) is 1.32. The molecule has 1 aliphatic heterocycles. The van der Waals surface area contributed by atoms with E-state index in [4.69, 9.17) is 0 Å². The highest BCUT2D eigenvalue weighted by atomic mass is 16.5. The second kappa shape index (κ2) is 5.86. The van der Waals surface area contributed by atoms with Crippen molar-refractivity contribution in [3.63, 3.8) is 0 Å². The van der Waals surface area contributed by atoms with Crippen molar-refractivity contribution < 1.29 is 14.3 Å². The van der Waals surface area contributed by atoms with Crippen molar-refractivity contribution in [2.24, 2.45) is 11.0 Å². The number of rotatable bonds is 4. The topological polar surface area (TPSA) is 59.0 Å². The van der Waals surface area contributed by atoms with E-state index in [1.807, 2.05) is 31.2 Å². The monoisotopic (exact) mass is 274 g/mol. The predicted octanol–water partition coefficient (Wildman–Crippen LogP) is 1.89. The average molecular weight is 274 g/mol. The van der Waals surface area contributed by atoms with Gasteiger partial charge in [-0.05, 0) is 25.0 Å². The summed E-state index contributed by atoms with van der Waals surface area (Å²) in [6.07, 6.45) is 0.0505. The van der Waals surface area contributed by atoms with Crippen LogP contribution in [0.25, 0.3) is 0 Å². The number of methoxy groups -OCH3 is 1. The van der Waals surface area contributed by atoms with Gasteiger partial charge in [-0.3, -0.25) is 9.59 Å². The summed E-state index contributed by atoms with van der Waals surface area (Å²) in [4.78, 5) is 23.6. The highest BCUT2D eigenvalue weighted by Crippen LogP contribution is 2.22. The molecule has 0 aromatic heterocycles. The lowest BCUT2D eigenvalue weighted by Crippen LogP contribution is -2.29. The second-order valence-electron chi connectivity index (χ2n) is 4.90. The molecule has 0 N–H and O–H groups in total. The first kappa shape index (κ1) is 14.2. The van der Waals surface area contributed by atoms with Crippen LogP contribution in [0.5, 0.6) is 0 Å². The fourth-order valence-electron chi connectivity index (χ4n) is 2.22. The minimum Gasteiger partial charge on any atom is -0.469 e. The molecular formula is C15H18N2O3. The van der Waals surface area contributed by atoms with Crippen molar-refractivity contribution in [2.45, 2.75) is 26.8 Å². The van der Waals surface area contributed by atoms with Crippen molar-refractivity contribution in [3.05, 3.63) is 35.4 Å². The first-order chi connectivity index (χ1) is 9.52. The molecule has 1 heterocycles. The van der Waals surface area contributed by atoms with E-state index in [9.17, 15) is 9.59 Å². The van der Waals surface area contributed by atoms with Gasteiger partial charge < -0.3 is 4.74 Å². The third-order valence-corrected chi connectivity index (χ3v) is 3.52. The maximum Gasteiger partial charge on any atom is 0.306 e. The molecule has 0 bridgehead atoms. The van der Waals surface area contributed by atoms with Crippen molar-refractivity contribution >= 4 is 17.6 Å². The van der Waals surface area contributed by atoms with Crippen LogP contribution in [0.15, 0.2) is 29.4 Å². The lowest BCUT2D eigenvalue weighted by molar-refractivity contribution is -0.144. The molecule has 0 spiro atoms. The lowest BCUT2D eigenvalue weighted by atomic mass is 10.0. The van der Waals surface area contributed by atoms with Crippen LogP contribution < -0.4 is 0 Å². The third kappa shape index (κ3) is 2.87. The van der Waals surface area contributed by atoms with Gasteiger partial charge in [0.05, 0.1) is 26.0 Å². The largest absolute Gasteiger partial charge is 0.469 e. The van der Waals surface area contributed by atoms with Gasteiger partial charge in [0.2, 0.25) is 0 Å². The highest BCUT2D eigenvalue weighted by Gasteiger charge is 2.35. The van der Waals surface area contributed by atoms with Crippen LogP contribution in [0.1, 0.15) is 24.5 Å². The number of ether oxygens (including phenoxy) is 1. The zero-order valence-electron chi connectivity index (χ0n) is 11.9. The molecule has 1 aromatic rings. The van der Waals surface area contributed by atoms with Gasteiger partial charge >= 0.3 is 5.97 Å². The molecule has 1 unspecified atom stereocenters. The quantitative estimate of drug-likeness (QED) is 0.788. The standard InChI is InChI=1S/C15H18N2O3/c1-10-6-4-5-7-12(10)9-17-15(19)13(11(2)16-17)8-14(18)20-3/h4-7,13H,8-9H2,1-3H3. The van der Waals surface area contributed by atoms with Gasteiger partial charge in [0, 0.05) is 5.71 Å². The van der Waals surface area contributed by atoms with Crippen LogP contribution in [0.2, 0.25) is 0 Å². The number of carbonyl (C=O) groups is 2. The van der Waals surface area contributed by atoms with Crippen LogP contribution >= 0.6 is 0 Å². The molecule has 0 saturated carbocycles. The summed E-state index contributed by atoms with van der Waals surface area (Å²) in [5, 5.41) is 5.70. The van der Waals surface area contributed by atoms with E-state index in [1.54, 1.807) is 6.92 Å². The van der Waals surface area contributed by atoms with Gasteiger partial charge in [-0.25, -0.2) is 5.01 Å². The van der Waals surface area contributed by atoms with E-state index in [0.29, 0.717) is 12.3 Å². The number of hydrogen-bond donors (Lipinski definition) is 0. The van der Waals surface area contributed by atoms with E-state index in [1.165, 1.54) is 12.1 Å². The number of benzene rings is 1. The van der Waals surface area contributed by atoms with Crippen LogP contribution in [0.4, 0.5) is 0 Å². The van der Waals surface area contributed by atoms with Crippen molar-refractivity contribution in [1.29, 1.82) is 0 Å². The third-order valence-electron chi connectivity index (χ3n) is 3.52. The molecule has 2 rings (SSSR count). The molecule has 5 heteroatoms. The first-order valence-electron chi connectivity index (χ1n) is 6.50. The first-order valence-corrected chi connectivity index (χ1v) is 6.50. The minimum absolute atomic E-state index is 0.0505. The molecule has 5 nitrogen and oxygen atoms in total. The summed E-state index contributed by atoms with van der Waals surface area (Å²) in [5.74, 6) is -1.03. The van der Waals surface area contributed by atoms with Gasteiger partial charge in [0.1, 0.15) is 0 Å². The lowest BCUT2D eigenvalue weighted by Gasteiger charge is -2.15. The highest BCUT2D eigenvalue weighted by molar-refractivity contribution is 6.08. The number of hydrazone groups is 1. The van der Waals surface area contributed by atoms with Crippen LogP contribution in [0, 0.1) is 12.8 Å². The Morgan fingerprint density at radius 1 is 1.35 bits per heavy atom. The minimum atomic E-state index is -0.494. The average Bonchev–Trinajstić information content (AvgIpc) is 2.69. The van der Waals surface area contributed by atoms with Crippen molar-refractivity contribution in [1.82, 2.24) is 5.01 Å². The van der Waals surface area contributed by atoms with Crippen molar-refractivity contribution in [3.8, 4) is 0 Å². The summed E-state index contributed by atoms with van der Waals surface area (Å²) in [5.41, 5.74) is 2.83. The molecule has 20 heavy (non-hydrogen) atoms. The SMILES string of the molecule is COC(=O)CC1C(=O)N(Cc2ccccc2C)N=C1C. The Labute approximate surface area is 118 Å². The molecule has 0 radical (unpaired) electrons. The fourth-order valence-corrected chi connectivity index (χ4v) is 2.22. The van der Waals surface area contributed by atoms with E-state index in [2.05, 4.69) is 9.84 Å². The van der Waals surface area contributed by atoms with E-state index in [-0.39, 0.29) is 12.3 Å². The van der Waals surface area contributed by atoms with E-state index >= 15 is 0 Å². The maximum atomic E-state index is 12.3. The summed E-state index contributed by atoms with van der Waals surface area (Å²) in [6, 6.07) is 7.87. The fraction of sp³-hybridized carbons (Fsp3) is 0.400. The molecule has 106 valence electrons. The Balaban J connectivity index is 2.10. The Bertz CT molecular complexity index is 566. The van der Waals surface area contributed by atoms with Crippen LogP contribution in [-0.2, 0) is 20.9 Å². The Hall–Kier alpha value is -2.17. The number of esters is 1. The Morgan fingerprint density at radius 3 is 2.70 bits per heavy atom. The number of carbonyl (C=O) groups excluding carboxylic acids is 2. The zero-order valence-corrected chi connectivity index (χ0v) is 11.9. The van der Waals surface area contributed by atoms with Gasteiger partial charge in [-0.1, -0.05) is 24.3 Å². The number of nitrogens with zero attached hydrogens (tertiary/aromatic N) is 2. The Morgan fingerprint density at radius 2 is 2.05 bits per heavy atom. The van der Waals surface area contributed by atoms with Gasteiger partial charge in [0.15, 0.2) is 0 Å². The van der Waals surface area contributed by atoms with Gasteiger partial charge in [0.25, 0.3) is 5.91 Å². The van der Waals surface area contributed by atoms with Gasteiger partial charge in [-0.15, -0.1) is 0 Å². The molecule has 1 aromatic carbocycles. The maximum absolute atomic E-state index is 12.3. The van der Waals surface area contributed by atoms with Crippen LogP contribution in [-0.4, -0.2) is 29.7 Å². The molecule has 0 saturated heterocycles. The smallest absolute Gasteiger partial charge is 0.306 e. The molecule has 1 aliphatic rings. The molecule has 1 atom stereocenters. The Kier molecular flexibility index (Phi) is 4.17. The predicted molar refractivity (Wildman–Crippen MR) is 75.0 cm³/mol. The van der Waals surface area contributed by atoms with Crippen LogP contribution in [0.3, 0.4) is 0 Å². The summed E-state index contributed by atoms with van der Waals surface area (Å²) in [6.45, 7) is 4.20. The second-order valence-corrected chi connectivity index (χ2v) is 4.90. The van der Waals surface area contributed by atoms with E-state index < -0.39 is 11.9 Å². The van der Waals surface area contributed by atoms with E-state index in [0.717, 1.165) is 11.1 Å². The van der Waals surface area contributed by atoms with Gasteiger partial charge in [-0.2, -0.15) is 5.10 Å². The summed E-state index contributed by atoms with van der Waals surface area (Å²) < 4.78 is 4.62. The molecular weight excluding hydrogens is 256 g/mol. The number of aryl methyl sites for hydroxylation is 1. The number of amides is 1. The summed E-state index contributed by atoms with van der Waals surface area (Å²) >= 11 is 0. The molecule has 0 aliphatic carbocycles.